The monoisotopic (exact) mass is 296 g/mol. The van der Waals surface area contributed by atoms with Crippen LogP contribution in [0.25, 0.3) is 0 Å². The lowest BCUT2D eigenvalue weighted by Gasteiger charge is -2.10. The van der Waals surface area contributed by atoms with Crippen LogP contribution in [0.3, 0.4) is 0 Å². The third kappa shape index (κ3) is 3.24. The minimum atomic E-state index is -2.99. The van der Waals surface area contributed by atoms with Crippen LogP contribution in [0.2, 0.25) is 0 Å². The van der Waals surface area contributed by atoms with Crippen LogP contribution in [-0.4, -0.2) is 47.9 Å². The van der Waals surface area contributed by atoms with E-state index in [1.54, 1.807) is 0 Å². The number of hydrogen-bond donors (Lipinski definition) is 2. The maximum atomic E-state index is 12.0. The van der Waals surface area contributed by atoms with Crippen LogP contribution < -0.4 is 10.6 Å². The first-order valence-electron chi connectivity index (χ1n) is 6.62. The highest BCUT2D eigenvalue weighted by Gasteiger charge is 2.29. The van der Waals surface area contributed by atoms with E-state index >= 15 is 0 Å². The summed E-state index contributed by atoms with van der Waals surface area (Å²) in [7, 11) is -2.99. The summed E-state index contributed by atoms with van der Waals surface area (Å²) < 4.78 is 22.7. The van der Waals surface area contributed by atoms with Crippen molar-refractivity contribution in [2.45, 2.75) is 31.3 Å². The van der Waals surface area contributed by atoms with E-state index in [1.807, 2.05) is 0 Å². The van der Waals surface area contributed by atoms with E-state index in [-0.39, 0.29) is 23.5 Å². The third-order valence-electron chi connectivity index (χ3n) is 3.39. The highest BCUT2D eigenvalue weighted by molar-refractivity contribution is 7.91. The van der Waals surface area contributed by atoms with Crippen LogP contribution >= 0.6 is 0 Å². The Morgan fingerprint density at radius 1 is 1.15 bits per heavy atom. The molecule has 108 valence electrons. The van der Waals surface area contributed by atoms with Crippen LogP contribution in [0, 0.1) is 0 Å². The lowest BCUT2D eigenvalue weighted by Crippen LogP contribution is -2.35. The van der Waals surface area contributed by atoms with Gasteiger partial charge < -0.3 is 10.6 Å². The van der Waals surface area contributed by atoms with E-state index in [0.29, 0.717) is 24.0 Å². The smallest absolute Gasteiger partial charge is 0.254 e. The molecule has 0 radical (unpaired) electrons. The first-order valence-corrected chi connectivity index (χ1v) is 8.44. The molecule has 0 bridgehead atoms. The van der Waals surface area contributed by atoms with E-state index in [2.05, 4.69) is 20.6 Å². The molecule has 8 heteroatoms. The normalized spacial score (nSPS) is 24.3. The van der Waals surface area contributed by atoms with Crippen molar-refractivity contribution in [3.05, 3.63) is 18.0 Å². The van der Waals surface area contributed by atoms with Gasteiger partial charge in [0.15, 0.2) is 9.84 Å². The first-order chi connectivity index (χ1) is 9.52. The number of rotatable bonds is 4. The maximum absolute atomic E-state index is 12.0. The summed E-state index contributed by atoms with van der Waals surface area (Å²) in [5, 5.41) is 5.84. The number of carbonyl (C=O) groups excluding carboxylic acids is 1. The molecule has 2 N–H and O–H groups in total. The molecule has 2 fully saturated rings. The molecule has 1 aliphatic heterocycles. The molecule has 1 atom stereocenters. The van der Waals surface area contributed by atoms with Gasteiger partial charge in [0.1, 0.15) is 0 Å². The number of nitrogens with one attached hydrogen (secondary N) is 2. The zero-order valence-electron chi connectivity index (χ0n) is 10.9. The Morgan fingerprint density at radius 3 is 2.40 bits per heavy atom. The van der Waals surface area contributed by atoms with Gasteiger partial charge in [-0.15, -0.1) is 0 Å². The Hall–Kier alpha value is -1.70. The molecule has 2 heterocycles. The Bertz CT molecular complexity index is 610. The summed E-state index contributed by atoms with van der Waals surface area (Å²) in [5.41, 5.74) is 0.343. The van der Waals surface area contributed by atoms with Crippen molar-refractivity contribution >= 4 is 21.7 Å². The van der Waals surface area contributed by atoms with Crippen LogP contribution in [-0.2, 0) is 9.84 Å². The van der Waals surface area contributed by atoms with Crippen molar-refractivity contribution in [3.8, 4) is 0 Å². The lowest BCUT2D eigenvalue weighted by molar-refractivity contribution is 0.0940. The number of nitrogens with zero attached hydrogens (tertiary/aromatic N) is 2. The second-order valence-corrected chi connectivity index (χ2v) is 7.52. The standard InChI is InChI=1S/C12H16N4O3S/c17-11(15-10-3-4-20(18,19)7-10)8-5-13-12(14-6-8)16-9-1-2-9/h5-6,9-10H,1-4,7H2,(H,15,17)(H,13,14,16). The van der Waals surface area contributed by atoms with Crippen LogP contribution in [0.15, 0.2) is 12.4 Å². The maximum Gasteiger partial charge on any atom is 0.254 e. The van der Waals surface area contributed by atoms with Crippen molar-refractivity contribution in [2.75, 3.05) is 16.8 Å². The van der Waals surface area contributed by atoms with Gasteiger partial charge in [-0.25, -0.2) is 18.4 Å². The minimum Gasteiger partial charge on any atom is -0.351 e. The highest BCUT2D eigenvalue weighted by atomic mass is 32.2. The van der Waals surface area contributed by atoms with E-state index in [9.17, 15) is 13.2 Å². The van der Waals surface area contributed by atoms with E-state index in [1.165, 1.54) is 12.4 Å². The van der Waals surface area contributed by atoms with Gasteiger partial charge in [-0.05, 0) is 19.3 Å². The number of sulfone groups is 1. The summed E-state index contributed by atoms with van der Waals surface area (Å²) in [5.74, 6) is 0.345. The third-order valence-corrected chi connectivity index (χ3v) is 5.16. The molecule has 0 aromatic carbocycles. The second-order valence-electron chi connectivity index (χ2n) is 5.29. The fourth-order valence-electron chi connectivity index (χ4n) is 2.11. The molecule has 1 unspecified atom stereocenters. The van der Waals surface area contributed by atoms with Crippen molar-refractivity contribution < 1.29 is 13.2 Å². The molecular weight excluding hydrogens is 280 g/mol. The van der Waals surface area contributed by atoms with E-state index in [0.717, 1.165) is 12.8 Å². The molecule has 1 aliphatic carbocycles. The average Bonchev–Trinajstić information content (AvgIpc) is 3.14. The first kappa shape index (κ1) is 13.3. The molecular formula is C12H16N4O3S. The van der Waals surface area contributed by atoms with Crippen molar-refractivity contribution in [1.29, 1.82) is 0 Å². The highest BCUT2D eigenvalue weighted by Crippen LogP contribution is 2.22. The van der Waals surface area contributed by atoms with Gasteiger partial charge in [0.05, 0.1) is 17.1 Å². The molecule has 1 amide bonds. The summed E-state index contributed by atoms with van der Waals surface area (Å²) in [6.07, 6.45) is 5.63. The topological polar surface area (TPSA) is 101 Å². The van der Waals surface area contributed by atoms with Gasteiger partial charge in [-0.3, -0.25) is 4.79 Å². The molecule has 0 spiro atoms. The van der Waals surface area contributed by atoms with E-state index < -0.39 is 9.84 Å². The number of hydrogen-bond acceptors (Lipinski definition) is 6. The predicted octanol–water partition coefficient (Wildman–Crippen LogP) is -0.0322. The molecule has 20 heavy (non-hydrogen) atoms. The molecule has 2 aliphatic rings. The van der Waals surface area contributed by atoms with Gasteiger partial charge >= 0.3 is 0 Å². The van der Waals surface area contributed by atoms with Gasteiger partial charge in [0.2, 0.25) is 5.95 Å². The molecule has 1 saturated heterocycles. The van der Waals surface area contributed by atoms with Crippen molar-refractivity contribution in [2.24, 2.45) is 0 Å². The SMILES string of the molecule is O=C(NC1CCS(=O)(=O)C1)c1cnc(NC2CC2)nc1. The average molecular weight is 296 g/mol. The molecule has 1 saturated carbocycles. The summed E-state index contributed by atoms with van der Waals surface area (Å²) >= 11 is 0. The number of amides is 1. The summed E-state index contributed by atoms with van der Waals surface area (Å²) in [4.78, 5) is 20.1. The van der Waals surface area contributed by atoms with Crippen LogP contribution in [0.1, 0.15) is 29.6 Å². The van der Waals surface area contributed by atoms with Gasteiger partial charge in [0.25, 0.3) is 5.91 Å². The number of aromatic nitrogens is 2. The Labute approximate surface area is 117 Å². The molecule has 1 aromatic rings. The van der Waals surface area contributed by atoms with Gasteiger partial charge in [-0.1, -0.05) is 0 Å². The quantitative estimate of drug-likeness (QED) is 0.809. The lowest BCUT2D eigenvalue weighted by atomic mass is 10.2. The number of anilines is 1. The molecule has 3 rings (SSSR count). The molecule has 7 nitrogen and oxygen atoms in total. The zero-order chi connectivity index (χ0) is 14.2. The largest absolute Gasteiger partial charge is 0.351 e. The number of carbonyl (C=O) groups is 1. The minimum absolute atomic E-state index is 0.0148. The zero-order valence-corrected chi connectivity index (χ0v) is 11.7. The van der Waals surface area contributed by atoms with Gasteiger partial charge in [-0.2, -0.15) is 0 Å². The van der Waals surface area contributed by atoms with Crippen molar-refractivity contribution in [3.63, 3.8) is 0 Å². The van der Waals surface area contributed by atoms with Crippen LogP contribution in [0.5, 0.6) is 0 Å². The fourth-order valence-corrected chi connectivity index (χ4v) is 3.78. The summed E-state index contributed by atoms with van der Waals surface area (Å²) in [6, 6.07) is 0.148. The second kappa shape index (κ2) is 5.01. The summed E-state index contributed by atoms with van der Waals surface area (Å²) in [6.45, 7) is 0. The Balaban J connectivity index is 1.59. The predicted molar refractivity (Wildman–Crippen MR) is 73.2 cm³/mol. The van der Waals surface area contributed by atoms with E-state index in [4.69, 9.17) is 0 Å². The van der Waals surface area contributed by atoms with Crippen molar-refractivity contribution in [1.82, 2.24) is 15.3 Å². The molecule has 1 aromatic heterocycles. The fraction of sp³-hybridized carbons (Fsp3) is 0.583. The van der Waals surface area contributed by atoms with Crippen LogP contribution in [0.4, 0.5) is 5.95 Å². The Kier molecular flexibility index (Phi) is 3.33. The Morgan fingerprint density at radius 2 is 1.85 bits per heavy atom. The van der Waals surface area contributed by atoms with Gasteiger partial charge in [0, 0.05) is 24.5 Å².